The van der Waals surface area contributed by atoms with E-state index < -0.39 is 0 Å². The molecule has 1 atom stereocenters. The highest BCUT2D eigenvalue weighted by atomic mass is 35.5. The van der Waals surface area contributed by atoms with Crippen LogP contribution in [0.5, 0.6) is 5.88 Å². The largest absolute Gasteiger partial charge is 0.477 e. The molecule has 1 aromatic heterocycles. The molecule has 0 saturated carbocycles. The van der Waals surface area contributed by atoms with Crippen LogP contribution in [0.4, 0.5) is 5.82 Å². The lowest BCUT2D eigenvalue weighted by atomic mass is 10.2. The van der Waals surface area contributed by atoms with Crippen LogP contribution in [-0.2, 0) is 0 Å². The van der Waals surface area contributed by atoms with Crippen molar-refractivity contribution in [3.05, 3.63) is 12.4 Å². The van der Waals surface area contributed by atoms with Gasteiger partial charge in [-0.3, -0.25) is 4.98 Å². The number of alkyl halides is 1. The first-order valence-electron chi connectivity index (χ1n) is 5.53. The van der Waals surface area contributed by atoms with Gasteiger partial charge in [-0.05, 0) is 19.8 Å². The van der Waals surface area contributed by atoms with Crippen molar-refractivity contribution < 1.29 is 4.74 Å². The predicted molar refractivity (Wildman–Crippen MR) is 66.2 cm³/mol. The highest BCUT2D eigenvalue weighted by Crippen LogP contribution is 2.11. The average molecular weight is 244 g/mol. The van der Waals surface area contributed by atoms with Gasteiger partial charge in [0, 0.05) is 11.9 Å². The molecule has 90 valence electrons. The van der Waals surface area contributed by atoms with Gasteiger partial charge in [-0.2, -0.15) is 4.98 Å². The Morgan fingerprint density at radius 2 is 2.31 bits per heavy atom. The molecule has 0 amide bonds. The Morgan fingerprint density at radius 1 is 1.50 bits per heavy atom. The molecule has 0 aromatic carbocycles. The van der Waals surface area contributed by atoms with Gasteiger partial charge in [0.15, 0.2) is 0 Å². The van der Waals surface area contributed by atoms with E-state index in [2.05, 4.69) is 29.1 Å². The smallest absolute Gasteiger partial charge is 0.234 e. The van der Waals surface area contributed by atoms with Crippen molar-refractivity contribution in [1.29, 1.82) is 0 Å². The number of nitrogens with zero attached hydrogens (tertiary/aromatic N) is 2. The highest BCUT2D eigenvalue weighted by molar-refractivity contribution is 6.17. The molecule has 5 heteroatoms. The van der Waals surface area contributed by atoms with Crippen LogP contribution in [0.1, 0.15) is 26.7 Å². The van der Waals surface area contributed by atoms with E-state index in [9.17, 15) is 0 Å². The number of rotatable bonds is 7. The summed E-state index contributed by atoms with van der Waals surface area (Å²) >= 11 is 5.66. The number of halogens is 1. The fraction of sp³-hybridized carbons (Fsp3) is 0.636. The van der Waals surface area contributed by atoms with Gasteiger partial charge in [0.2, 0.25) is 5.88 Å². The lowest BCUT2D eigenvalue weighted by Crippen LogP contribution is -2.16. The van der Waals surface area contributed by atoms with E-state index in [4.69, 9.17) is 16.3 Å². The van der Waals surface area contributed by atoms with Gasteiger partial charge in [0.05, 0.1) is 19.0 Å². The van der Waals surface area contributed by atoms with Crippen molar-refractivity contribution in [3.8, 4) is 5.88 Å². The summed E-state index contributed by atoms with van der Waals surface area (Å²) in [5.74, 6) is 1.92. The summed E-state index contributed by atoms with van der Waals surface area (Å²) in [7, 11) is 0. The lowest BCUT2D eigenvalue weighted by Gasteiger charge is -2.13. The van der Waals surface area contributed by atoms with Gasteiger partial charge < -0.3 is 10.1 Å². The zero-order chi connectivity index (χ0) is 11.8. The van der Waals surface area contributed by atoms with Crippen LogP contribution in [0.3, 0.4) is 0 Å². The van der Waals surface area contributed by atoms with Crippen LogP contribution in [0, 0.1) is 0 Å². The summed E-state index contributed by atoms with van der Waals surface area (Å²) in [4.78, 5) is 8.36. The third kappa shape index (κ3) is 4.66. The number of nitrogens with one attached hydrogen (secondary N) is 1. The molecule has 1 N–H and O–H groups in total. The number of ether oxygens (including phenoxy) is 1. The molecule has 16 heavy (non-hydrogen) atoms. The quantitative estimate of drug-likeness (QED) is 0.748. The minimum atomic E-state index is 0.285. The molecular weight excluding hydrogens is 226 g/mol. The molecule has 0 bridgehead atoms. The maximum absolute atomic E-state index is 5.66. The van der Waals surface area contributed by atoms with Gasteiger partial charge in [0.25, 0.3) is 0 Å². The Balaban J connectivity index is 2.52. The maximum Gasteiger partial charge on any atom is 0.234 e. The summed E-state index contributed by atoms with van der Waals surface area (Å²) in [5, 5.41) is 3.22. The number of hydrogen-bond acceptors (Lipinski definition) is 4. The third-order valence-electron chi connectivity index (χ3n) is 2.00. The molecule has 0 radical (unpaired) electrons. The molecular formula is C11H18ClN3O. The third-order valence-corrected chi connectivity index (χ3v) is 2.22. The molecule has 1 aromatic rings. The highest BCUT2D eigenvalue weighted by Gasteiger charge is 2.03. The molecule has 4 nitrogen and oxygen atoms in total. The molecule has 0 fully saturated rings. The molecule has 1 rings (SSSR count). The van der Waals surface area contributed by atoms with Crippen molar-refractivity contribution in [3.63, 3.8) is 0 Å². The number of anilines is 1. The van der Waals surface area contributed by atoms with E-state index in [-0.39, 0.29) is 6.04 Å². The molecule has 0 aliphatic heterocycles. The van der Waals surface area contributed by atoms with Gasteiger partial charge in [0.1, 0.15) is 5.82 Å². The minimum Gasteiger partial charge on any atom is -0.477 e. The van der Waals surface area contributed by atoms with Crippen LogP contribution in [0.15, 0.2) is 12.4 Å². The van der Waals surface area contributed by atoms with Crippen LogP contribution < -0.4 is 10.1 Å². The van der Waals surface area contributed by atoms with Crippen LogP contribution in [0.25, 0.3) is 0 Å². The van der Waals surface area contributed by atoms with Gasteiger partial charge in [-0.1, -0.05) is 6.92 Å². The Morgan fingerprint density at radius 3 is 3.00 bits per heavy atom. The molecule has 0 saturated heterocycles. The molecule has 1 heterocycles. The Hall–Kier alpha value is -1.03. The van der Waals surface area contributed by atoms with E-state index >= 15 is 0 Å². The molecule has 0 aliphatic rings. The summed E-state index contributed by atoms with van der Waals surface area (Å²) in [5.41, 5.74) is 0. The van der Waals surface area contributed by atoms with Crippen LogP contribution in [0.2, 0.25) is 0 Å². The molecule has 1 unspecified atom stereocenters. The topological polar surface area (TPSA) is 47.0 Å². The Kier molecular flexibility index (Phi) is 5.93. The van der Waals surface area contributed by atoms with Gasteiger partial charge in [-0.15, -0.1) is 11.6 Å². The first-order valence-corrected chi connectivity index (χ1v) is 6.07. The van der Waals surface area contributed by atoms with E-state index in [1.165, 1.54) is 0 Å². The SMILES string of the molecule is CCCOc1cncc(NC(C)CCCl)n1. The fourth-order valence-corrected chi connectivity index (χ4v) is 1.51. The predicted octanol–water partition coefficient (Wildman–Crippen LogP) is 2.69. The van der Waals surface area contributed by atoms with E-state index in [1.807, 2.05) is 0 Å². The number of aromatic nitrogens is 2. The molecule has 0 spiro atoms. The Labute approximate surface area is 101 Å². The van der Waals surface area contributed by atoms with Crippen molar-refractivity contribution in [2.75, 3.05) is 17.8 Å². The zero-order valence-electron chi connectivity index (χ0n) is 9.74. The second-order valence-corrected chi connectivity index (χ2v) is 3.99. The van der Waals surface area contributed by atoms with Gasteiger partial charge >= 0.3 is 0 Å². The van der Waals surface area contributed by atoms with Crippen LogP contribution >= 0.6 is 11.6 Å². The summed E-state index contributed by atoms with van der Waals surface area (Å²) in [6, 6.07) is 0.285. The van der Waals surface area contributed by atoms with Crippen molar-refractivity contribution in [2.24, 2.45) is 0 Å². The van der Waals surface area contributed by atoms with Crippen molar-refractivity contribution >= 4 is 17.4 Å². The van der Waals surface area contributed by atoms with Crippen molar-refractivity contribution in [2.45, 2.75) is 32.7 Å². The van der Waals surface area contributed by atoms with Gasteiger partial charge in [-0.25, -0.2) is 0 Å². The second-order valence-electron chi connectivity index (χ2n) is 3.61. The van der Waals surface area contributed by atoms with E-state index in [1.54, 1.807) is 12.4 Å². The van der Waals surface area contributed by atoms with Crippen molar-refractivity contribution in [1.82, 2.24) is 9.97 Å². The van der Waals surface area contributed by atoms with E-state index in [0.29, 0.717) is 18.4 Å². The second kappa shape index (κ2) is 7.28. The zero-order valence-corrected chi connectivity index (χ0v) is 10.5. The fourth-order valence-electron chi connectivity index (χ4n) is 1.18. The maximum atomic E-state index is 5.66. The summed E-state index contributed by atoms with van der Waals surface area (Å²) in [6.45, 7) is 4.77. The monoisotopic (exact) mass is 243 g/mol. The minimum absolute atomic E-state index is 0.285. The first kappa shape index (κ1) is 13.0. The first-order chi connectivity index (χ1) is 7.76. The van der Waals surface area contributed by atoms with Crippen LogP contribution in [-0.4, -0.2) is 28.5 Å². The normalized spacial score (nSPS) is 12.2. The number of hydrogen-bond donors (Lipinski definition) is 1. The summed E-state index contributed by atoms with van der Waals surface area (Å²) < 4.78 is 5.40. The van der Waals surface area contributed by atoms with E-state index in [0.717, 1.165) is 18.7 Å². The lowest BCUT2D eigenvalue weighted by molar-refractivity contribution is 0.304. The Bertz CT molecular complexity index is 309. The standard InChI is InChI=1S/C11H18ClN3O/c1-3-6-16-11-8-13-7-10(15-11)14-9(2)4-5-12/h7-9H,3-6H2,1-2H3,(H,14,15). The average Bonchev–Trinajstić information content (AvgIpc) is 2.27. The molecule has 0 aliphatic carbocycles. The summed E-state index contributed by atoms with van der Waals surface area (Å²) in [6.07, 6.45) is 5.15.